The molecule has 2 heterocycles. The zero-order valence-electron chi connectivity index (χ0n) is 14.3. The molecule has 0 saturated heterocycles. The van der Waals surface area contributed by atoms with E-state index in [0.29, 0.717) is 5.82 Å². The average Bonchev–Trinajstić information content (AvgIpc) is 3.16. The van der Waals surface area contributed by atoms with Crippen molar-refractivity contribution in [2.45, 2.75) is 0 Å². The summed E-state index contributed by atoms with van der Waals surface area (Å²) in [6.07, 6.45) is 1.93. The molecule has 0 unspecified atom stereocenters. The van der Waals surface area contributed by atoms with Crippen LogP contribution in [0.5, 0.6) is 5.75 Å². The minimum atomic E-state index is 0.220. The fraction of sp³-hybridized carbons (Fsp3) is 0. The van der Waals surface area contributed by atoms with Crippen molar-refractivity contribution in [3.05, 3.63) is 79.0 Å². The number of benzene rings is 3. The van der Waals surface area contributed by atoms with Crippen LogP contribution < -0.4 is 5.32 Å². The first-order valence-electron chi connectivity index (χ1n) is 8.67. The Hall–Kier alpha value is -3.86. The lowest BCUT2D eigenvalue weighted by Crippen LogP contribution is -1.99. The van der Waals surface area contributed by atoms with Crippen LogP contribution in [-0.4, -0.2) is 20.1 Å². The number of nitrogens with zero attached hydrogens (tertiary/aromatic N) is 2. The molecule has 3 N–H and O–H groups in total. The quantitative estimate of drug-likeness (QED) is 0.416. The molecule has 2 aromatic heterocycles. The number of hydrogen-bond donors (Lipinski definition) is 3. The summed E-state index contributed by atoms with van der Waals surface area (Å²) in [7, 11) is 0. The summed E-state index contributed by atoms with van der Waals surface area (Å²) in [4.78, 5) is 12.6. The SMILES string of the molecule is Oc1ccc(-c2nc(Nc3ccc4[nH]ccc4c3)c3ccccc3n2)cc1. The summed E-state index contributed by atoms with van der Waals surface area (Å²) < 4.78 is 0. The van der Waals surface area contributed by atoms with Gasteiger partial charge in [-0.2, -0.15) is 0 Å². The summed E-state index contributed by atoms with van der Waals surface area (Å²) >= 11 is 0. The number of anilines is 2. The van der Waals surface area contributed by atoms with E-state index in [2.05, 4.69) is 21.4 Å². The van der Waals surface area contributed by atoms with E-state index in [4.69, 9.17) is 4.98 Å². The van der Waals surface area contributed by atoms with Crippen LogP contribution >= 0.6 is 0 Å². The van der Waals surface area contributed by atoms with Gasteiger partial charge in [0.1, 0.15) is 11.6 Å². The van der Waals surface area contributed by atoms with Gasteiger partial charge in [-0.1, -0.05) is 12.1 Å². The Morgan fingerprint density at radius 1 is 0.852 bits per heavy atom. The largest absolute Gasteiger partial charge is 0.508 e. The number of aromatic amines is 1. The highest BCUT2D eigenvalue weighted by Crippen LogP contribution is 2.29. The molecule has 5 heteroatoms. The van der Waals surface area contributed by atoms with Gasteiger partial charge in [-0.15, -0.1) is 0 Å². The van der Waals surface area contributed by atoms with Crippen molar-refractivity contribution in [2.75, 3.05) is 5.32 Å². The summed E-state index contributed by atoms with van der Waals surface area (Å²) in [6.45, 7) is 0. The third-order valence-corrected chi connectivity index (χ3v) is 4.54. The van der Waals surface area contributed by atoms with E-state index in [9.17, 15) is 5.11 Å². The maximum Gasteiger partial charge on any atom is 0.162 e. The third-order valence-electron chi connectivity index (χ3n) is 4.54. The van der Waals surface area contributed by atoms with Gasteiger partial charge < -0.3 is 15.4 Å². The van der Waals surface area contributed by atoms with E-state index >= 15 is 0 Å². The molecule has 0 bridgehead atoms. The Morgan fingerprint density at radius 2 is 1.70 bits per heavy atom. The molecule has 3 aromatic carbocycles. The molecule has 0 fully saturated rings. The standard InChI is InChI=1S/C22H16N4O/c27-17-8-5-14(6-9-17)21-25-20-4-2-1-3-18(20)22(26-21)24-16-7-10-19-15(13-16)11-12-23-19/h1-13,23,27H,(H,24,25,26). The maximum absolute atomic E-state index is 9.54. The molecule has 130 valence electrons. The van der Waals surface area contributed by atoms with E-state index in [0.717, 1.165) is 38.9 Å². The number of H-pyrrole nitrogens is 1. The second kappa shape index (κ2) is 6.14. The van der Waals surface area contributed by atoms with Gasteiger partial charge in [-0.3, -0.25) is 0 Å². The van der Waals surface area contributed by atoms with Gasteiger partial charge in [0.25, 0.3) is 0 Å². The molecule has 0 aliphatic heterocycles. The molecule has 0 amide bonds. The van der Waals surface area contributed by atoms with Crippen LogP contribution in [-0.2, 0) is 0 Å². The molecule has 5 aromatic rings. The Balaban J connectivity index is 1.64. The van der Waals surface area contributed by atoms with Gasteiger partial charge in [0.15, 0.2) is 5.82 Å². The molecule has 0 aliphatic carbocycles. The van der Waals surface area contributed by atoms with Crippen molar-refractivity contribution in [1.82, 2.24) is 15.0 Å². The summed E-state index contributed by atoms with van der Waals surface area (Å²) in [5.74, 6) is 1.58. The number of aromatic nitrogens is 3. The topological polar surface area (TPSA) is 73.8 Å². The number of nitrogens with one attached hydrogen (secondary N) is 2. The number of hydrogen-bond acceptors (Lipinski definition) is 4. The summed E-state index contributed by atoms with van der Waals surface area (Å²) in [5, 5.41) is 15.1. The van der Waals surface area contributed by atoms with E-state index in [1.54, 1.807) is 12.1 Å². The number of phenols is 1. The molecular weight excluding hydrogens is 336 g/mol. The van der Waals surface area contributed by atoms with Crippen LogP contribution in [0, 0.1) is 0 Å². The molecule has 0 atom stereocenters. The highest BCUT2D eigenvalue weighted by atomic mass is 16.3. The molecule has 27 heavy (non-hydrogen) atoms. The van der Waals surface area contributed by atoms with Crippen molar-refractivity contribution in [1.29, 1.82) is 0 Å². The molecule has 5 rings (SSSR count). The number of aromatic hydroxyl groups is 1. The van der Waals surface area contributed by atoms with Gasteiger partial charge in [-0.05, 0) is 60.7 Å². The molecule has 0 spiro atoms. The predicted molar refractivity (Wildman–Crippen MR) is 108 cm³/mol. The normalized spacial score (nSPS) is 11.1. The Kier molecular flexibility index (Phi) is 3.50. The lowest BCUT2D eigenvalue weighted by Gasteiger charge is -2.11. The fourth-order valence-electron chi connectivity index (χ4n) is 3.18. The maximum atomic E-state index is 9.54. The fourth-order valence-corrected chi connectivity index (χ4v) is 3.18. The summed E-state index contributed by atoms with van der Waals surface area (Å²) in [5.41, 5.74) is 3.77. The monoisotopic (exact) mass is 352 g/mol. The van der Waals surface area contributed by atoms with Crippen molar-refractivity contribution < 1.29 is 5.11 Å². The number of rotatable bonds is 3. The lowest BCUT2D eigenvalue weighted by molar-refractivity contribution is 0.475. The van der Waals surface area contributed by atoms with Crippen molar-refractivity contribution >= 4 is 33.3 Å². The van der Waals surface area contributed by atoms with Crippen LogP contribution in [0.3, 0.4) is 0 Å². The number of fused-ring (bicyclic) bond motifs is 2. The van der Waals surface area contributed by atoms with Gasteiger partial charge in [0.05, 0.1) is 5.52 Å². The van der Waals surface area contributed by atoms with Gasteiger partial charge >= 0.3 is 0 Å². The third kappa shape index (κ3) is 2.85. The number of para-hydroxylation sites is 1. The van der Waals surface area contributed by atoms with Gasteiger partial charge in [-0.25, -0.2) is 9.97 Å². The lowest BCUT2D eigenvalue weighted by atomic mass is 10.1. The first-order valence-corrected chi connectivity index (χ1v) is 8.67. The van der Waals surface area contributed by atoms with Crippen LogP contribution in [0.1, 0.15) is 0 Å². The zero-order valence-corrected chi connectivity index (χ0v) is 14.3. The first-order chi connectivity index (χ1) is 13.3. The number of phenolic OH excluding ortho intramolecular Hbond substituents is 1. The van der Waals surface area contributed by atoms with Crippen LogP contribution in [0.2, 0.25) is 0 Å². The average molecular weight is 352 g/mol. The second-order valence-electron chi connectivity index (χ2n) is 6.36. The van der Waals surface area contributed by atoms with E-state index < -0.39 is 0 Å². The second-order valence-corrected chi connectivity index (χ2v) is 6.36. The van der Waals surface area contributed by atoms with E-state index in [1.165, 1.54) is 0 Å². The Bertz CT molecular complexity index is 1260. The molecular formula is C22H16N4O. The highest BCUT2D eigenvalue weighted by Gasteiger charge is 2.10. The van der Waals surface area contributed by atoms with Crippen molar-refractivity contribution in [2.24, 2.45) is 0 Å². The van der Waals surface area contributed by atoms with Gasteiger partial charge in [0.2, 0.25) is 0 Å². The highest BCUT2D eigenvalue weighted by molar-refractivity contribution is 5.93. The Morgan fingerprint density at radius 3 is 2.59 bits per heavy atom. The summed E-state index contributed by atoms with van der Waals surface area (Å²) in [6, 6.07) is 23.0. The van der Waals surface area contributed by atoms with Crippen molar-refractivity contribution in [3.63, 3.8) is 0 Å². The minimum Gasteiger partial charge on any atom is -0.508 e. The first kappa shape index (κ1) is 15.4. The van der Waals surface area contributed by atoms with E-state index in [1.807, 2.05) is 60.8 Å². The van der Waals surface area contributed by atoms with E-state index in [-0.39, 0.29) is 5.75 Å². The zero-order chi connectivity index (χ0) is 18.2. The van der Waals surface area contributed by atoms with Crippen molar-refractivity contribution in [3.8, 4) is 17.1 Å². The van der Waals surface area contributed by atoms with Gasteiger partial charge in [0, 0.05) is 33.7 Å². The Labute approximate surface area is 155 Å². The molecule has 5 nitrogen and oxygen atoms in total. The van der Waals surface area contributed by atoms with Crippen LogP contribution in [0.15, 0.2) is 79.0 Å². The smallest absolute Gasteiger partial charge is 0.162 e. The van der Waals surface area contributed by atoms with Crippen LogP contribution in [0.25, 0.3) is 33.2 Å². The minimum absolute atomic E-state index is 0.220. The molecule has 0 radical (unpaired) electrons. The molecule has 0 saturated carbocycles. The molecule has 0 aliphatic rings. The predicted octanol–water partition coefficient (Wildman–Crippen LogP) is 5.23. The van der Waals surface area contributed by atoms with Crippen LogP contribution in [0.4, 0.5) is 11.5 Å².